The zero-order valence-corrected chi connectivity index (χ0v) is 30.7. The second kappa shape index (κ2) is 14.2. The molecule has 0 aliphatic heterocycles. The van der Waals surface area contributed by atoms with Crippen molar-refractivity contribution in [2.24, 2.45) is 0 Å². The van der Waals surface area contributed by atoms with Crippen LogP contribution in [0.15, 0.2) is 182 Å². The van der Waals surface area contributed by atoms with Crippen LogP contribution in [0.2, 0.25) is 0 Å². The first-order valence-corrected chi connectivity index (χ1v) is 18.7. The van der Waals surface area contributed by atoms with Crippen LogP contribution in [0.1, 0.15) is 5.56 Å². The number of benzene rings is 7. The van der Waals surface area contributed by atoms with E-state index in [-0.39, 0.29) is 16.6 Å². The molecule has 0 radical (unpaired) electrons. The average molecular weight is 758 g/mol. The highest BCUT2D eigenvalue weighted by atomic mass is 19.4. The first-order valence-electron chi connectivity index (χ1n) is 18.7. The van der Waals surface area contributed by atoms with Crippen molar-refractivity contribution in [3.05, 3.63) is 188 Å². The Bertz CT molecular complexity index is 3060. The Morgan fingerprint density at radius 2 is 0.793 bits per heavy atom. The van der Waals surface area contributed by atoms with Gasteiger partial charge in [-0.1, -0.05) is 164 Å². The highest BCUT2D eigenvalue weighted by Crippen LogP contribution is 2.45. The summed E-state index contributed by atoms with van der Waals surface area (Å²) in [7, 11) is 0. The van der Waals surface area contributed by atoms with Crippen molar-refractivity contribution in [2.45, 2.75) is 6.18 Å². The minimum Gasteiger partial charge on any atom is -0.247 e. The van der Waals surface area contributed by atoms with Gasteiger partial charge in [-0.25, -0.2) is 24.9 Å². The molecule has 58 heavy (non-hydrogen) atoms. The van der Waals surface area contributed by atoms with Gasteiger partial charge in [-0.2, -0.15) is 13.2 Å². The number of fused-ring (bicyclic) bond motifs is 5. The Morgan fingerprint density at radius 3 is 1.38 bits per heavy atom. The molecular formula is C50H30F3N5. The van der Waals surface area contributed by atoms with Crippen LogP contribution >= 0.6 is 0 Å². The SMILES string of the molecule is FC(F)(F)c1cc2nc(-c3ccccc3)c(-c3ccccc3)nc2c2c1c(-c1ccc(-c3cc(-c4ccccc4)nc(-c4ccccc4)n3)cc1)nc1ccccc12. The molecule has 0 aliphatic rings. The molecule has 0 aliphatic carbocycles. The monoisotopic (exact) mass is 757 g/mol. The van der Waals surface area contributed by atoms with Crippen molar-refractivity contribution < 1.29 is 13.2 Å². The Balaban J connectivity index is 1.21. The number of halogens is 3. The summed E-state index contributed by atoms with van der Waals surface area (Å²) in [4.78, 5) is 24.9. The third kappa shape index (κ3) is 6.30. The minimum atomic E-state index is -4.74. The highest BCUT2D eigenvalue weighted by Gasteiger charge is 2.36. The first kappa shape index (κ1) is 34.9. The van der Waals surface area contributed by atoms with Gasteiger partial charge in [0.15, 0.2) is 5.82 Å². The summed E-state index contributed by atoms with van der Waals surface area (Å²) in [5.41, 5.74) is 7.56. The molecule has 0 spiro atoms. The minimum absolute atomic E-state index is 0.0352. The number of alkyl halides is 3. The van der Waals surface area contributed by atoms with E-state index in [1.54, 1.807) is 6.07 Å². The standard InChI is InChI=1S/C50H30F3N5/c51-50(52,53)38-29-42-48(58-47(34-19-9-3-10-20-34)46(55-42)33-17-7-2-8-18-33)43-37-23-13-14-24-39(37)54-45(44(38)43)35-27-25-32(26-28-35)41-30-40(31-15-5-1-6-16-31)56-49(57-41)36-21-11-4-12-22-36/h1-30H. The van der Waals surface area contributed by atoms with Crippen molar-refractivity contribution >= 4 is 32.7 Å². The lowest BCUT2D eigenvalue weighted by Gasteiger charge is -2.19. The van der Waals surface area contributed by atoms with Gasteiger partial charge in [0.05, 0.1) is 50.6 Å². The van der Waals surface area contributed by atoms with Gasteiger partial charge in [-0.15, -0.1) is 0 Å². The van der Waals surface area contributed by atoms with Gasteiger partial charge in [-0.05, 0) is 18.2 Å². The molecule has 3 aromatic heterocycles. The predicted molar refractivity (Wildman–Crippen MR) is 226 cm³/mol. The normalized spacial score (nSPS) is 11.7. The third-order valence-corrected chi connectivity index (χ3v) is 10.3. The van der Waals surface area contributed by atoms with Gasteiger partial charge >= 0.3 is 6.18 Å². The molecule has 0 bridgehead atoms. The van der Waals surface area contributed by atoms with Crippen LogP contribution in [0.25, 0.3) is 100 Å². The molecule has 10 aromatic rings. The van der Waals surface area contributed by atoms with Gasteiger partial charge in [-0.3, -0.25) is 0 Å². The smallest absolute Gasteiger partial charge is 0.247 e. The van der Waals surface area contributed by atoms with E-state index >= 15 is 13.2 Å². The van der Waals surface area contributed by atoms with Crippen molar-refractivity contribution in [3.63, 3.8) is 0 Å². The fraction of sp³-hybridized carbons (Fsp3) is 0.0200. The van der Waals surface area contributed by atoms with Gasteiger partial charge in [0.1, 0.15) is 0 Å². The predicted octanol–water partition coefficient (Wildman–Crippen LogP) is 13.1. The summed E-state index contributed by atoms with van der Waals surface area (Å²) in [6.07, 6.45) is -4.74. The lowest BCUT2D eigenvalue weighted by Crippen LogP contribution is -2.09. The summed E-state index contributed by atoms with van der Waals surface area (Å²) in [5.74, 6) is 0.566. The molecule has 3 heterocycles. The lowest BCUT2D eigenvalue weighted by molar-refractivity contribution is -0.136. The van der Waals surface area contributed by atoms with Crippen molar-refractivity contribution in [1.29, 1.82) is 0 Å². The number of para-hydroxylation sites is 1. The van der Waals surface area contributed by atoms with Crippen LogP contribution in [0, 0.1) is 0 Å². The molecule has 5 nitrogen and oxygen atoms in total. The fourth-order valence-electron chi connectivity index (χ4n) is 7.56. The van der Waals surface area contributed by atoms with E-state index in [9.17, 15) is 0 Å². The number of rotatable bonds is 6. The maximum absolute atomic E-state index is 15.5. The van der Waals surface area contributed by atoms with E-state index in [1.165, 1.54) is 0 Å². The van der Waals surface area contributed by atoms with Crippen molar-refractivity contribution in [1.82, 2.24) is 24.9 Å². The lowest BCUT2D eigenvalue weighted by atomic mass is 9.93. The molecule has 10 rings (SSSR count). The summed E-state index contributed by atoms with van der Waals surface area (Å²) in [6.45, 7) is 0. The number of hydrogen-bond donors (Lipinski definition) is 0. The molecule has 0 fully saturated rings. The quantitative estimate of drug-likeness (QED) is 0.158. The van der Waals surface area contributed by atoms with E-state index in [0.29, 0.717) is 50.3 Å². The molecule has 8 heteroatoms. The highest BCUT2D eigenvalue weighted by molar-refractivity contribution is 6.22. The number of hydrogen-bond acceptors (Lipinski definition) is 5. The molecule has 7 aromatic carbocycles. The van der Waals surface area contributed by atoms with Gasteiger partial charge in [0, 0.05) is 49.5 Å². The fourth-order valence-corrected chi connectivity index (χ4v) is 7.56. The van der Waals surface area contributed by atoms with E-state index in [0.717, 1.165) is 39.6 Å². The van der Waals surface area contributed by atoms with Crippen molar-refractivity contribution in [3.8, 4) is 67.7 Å². The first-order chi connectivity index (χ1) is 28.4. The molecule has 0 unspecified atom stereocenters. The van der Waals surface area contributed by atoms with Crippen LogP contribution in [0.4, 0.5) is 13.2 Å². The second-order valence-electron chi connectivity index (χ2n) is 13.9. The summed E-state index contributed by atoms with van der Waals surface area (Å²) >= 11 is 0. The van der Waals surface area contributed by atoms with E-state index in [2.05, 4.69) is 0 Å². The van der Waals surface area contributed by atoms with Crippen molar-refractivity contribution in [2.75, 3.05) is 0 Å². The molecule has 0 atom stereocenters. The molecular weight excluding hydrogens is 728 g/mol. The largest absolute Gasteiger partial charge is 0.417 e. The zero-order chi connectivity index (χ0) is 39.2. The van der Waals surface area contributed by atoms with Crippen LogP contribution < -0.4 is 0 Å². The maximum Gasteiger partial charge on any atom is 0.417 e. The second-order valence-corrected chi connectivity index (χ2v) is 13.9. The Hall–Kier alpha value is -7.58. The number of nitrogens with zero attached hydrogens (tertiary/aromatic N) is 5. The third-order valence-electron chi connectivity index (χ3n) is 10.3. The topological polar surface area (TPSA) is 64.5 Å². The van der Waals surface area contributed by atoms with Crippen LogP contribution in [0.3, 0.4) is 0 Å². The van der Waals surface area contributed by atoms with E-state index in [4.69, 9.17) is 24.9 Å². The Morgan fingerprint density at radius 1 is 0.345 bits per heavy atom. The maximum atomic E-state index is 15.5. The van der Waals surface area contributed by atoms with E-state index in [1.807, 2.05) is 170 Å². The molecule has 0 N–H and O–H groups in total. The molecule has 276 valence electrons. The summed E-state index contributed by atoms with van der Waals surface area (Å²) < 4.78 is 46.4. The Kier molecular flexibility index (Phi) is 8.52. The van der Waals surface area contributed by atoms with Gasteiger partial charge in [0.25, 0.3) is 0 Å². The van der Waals surface area contributed by atoms with Gasteiger partial charge < -0.3 is 0 Å². The number of pyridine rings is 1. The molecule has 0 saturated carbocycles. The number of aromatic nitrogens is 5. The summed E-state index contributed by atoms with van der Waals surface area (Å²) in [6, 6.07) is 56.3. The van der Waals surface area contributed by atoms with Crippen LogP contribution in [-0.2, 0) is 6.18 Å². The van der Waals surface area contributed by atoms with E-state index < -0.39 is 11.7 Å². The zero-order valence-electron chi connectivity index (χ0n) is 30.7. The average Bonchev–Trinajstić information content (AvgIpc) is 3.28. The molecule has 0 amide bonds. The summed E-state index contributed by atoms with van der Waals surface area (Å²) in [5, 5.41) is 0.860. The molecule has 0 saturated heterocycles. The van der Waals surface area contributed by atoms with Crippen LogP contribution in [-0.4, -0.2) is 24.9 Å². The van der Waals surface area contributed by atoms with Gasteiger partial charge in [0.2, 0.25) is 0 Å². The van der Waals surface area contributed by atoms with Crippen LogP contribution in [0.5, 0.6) is 0 Å². The Labute approximate surface area is 331 Å².